The SMILES string of the molecule is C[C@H]1CN(c2c(F)c(S(=O)(=O)NC3(C#N)CC3)cn3c(-c4nnc(C(F)F)s4)ncc23)C[C@@H]2COCCN21. The standard InChI is InChI=1S/C22H23F3N8O3S2/c1-12-7-31(8-13-10-36-5-4-32(12)13)17-14-6-27-19(21-29-28-20(37-21)18(24)25)33(14)9-15(16(17)23)38(34,35)30-22(11-26)2-3-22/h6,9,12-13,18,30H,2-5,7-8,10H2,1H3/t12-,13+/m0/s1. The van der Waals surface area contributed by atoms with Gasteiger partial charge in [0, 0.05) is 31.9 Å². The summed E-state index contributed by atoms with van der Waals surface area (Å²) in [7, 11) is -4.48. The van der Waals surface area contributed by atoms with Crippen LogP contribution in [-0.2, 0) is 14.8 Å². The van der Waals surface area contributed by atoms with Gasteiger partial charge < -0.3 is 9.64 Å². The lowest BCUT2D eigenvalue weighted by atomic mass is 10.1. The number of rotatable bonds is 6. The highest BCUT2D eigenvalue weighted by atomic mass is 32.2. The van der Waals surface area contributed by atoms with Gasteiger partial charge in [-0.1, -0.05) is 11.3 Å². The third kappa shape index (κ3) is 4.22. The maximum atomic E-state index is 16.3. The van der Waals surface area contributed by atoms with Gasteiger partial charge in [0.2, 0.25) is 10.0 Å². The molecule has 2 saturated heterocycles. The predicted molar refractivity (Wildman–Crippen MR) is 130 cm³/mol. The second kappa shape index (κ2) is 9.12. The van der Waals surface area contributed by atoms with Crippen molar-refractivity contribution in [2.45, 2.75) is 48.7 Å². The minimum absolute atomic E-state index is 0.0177. The lowest BCUT2D eigenvalue weighted by Gasteiger charge is -2.48. The molecule has 1 saturated carbocycles. The predicted octanol–water partition coefficient (Wildman–Crippen LogP) is 2.17. The number of pyridine rings is 1. The van der Waals surface area contributed by atoms with E-state index in [1.54, 1.807) is 4.90 Å². The third-order valence-corrected chi connectivity index (χ3v) is 9.63. The molecule has 0 radical (unpaired) electrons. The zero-order valence-corrected chi connectivity index (χ0v) is 21.8. The first-order chi connectivity index (χ1) is 18.1. The number of anilines is 1. The Balaban J connectivity index is 1.52. The van der Waals surface area contributed by atoms with Crippen LogP contribution in [-0.4, -0.2) is 83.4 Å². The summed E-state index contributed by atoms with van der Waals surface area (Å²) >= 11 is 0.617. The molecular weight excluding hydrogens is 545 g/mol. The molecule has 0 aromatic carbocycles. The summed E-state index contributed by atoms with van der Waals surface area (Å²) < 4.78 is 78.8. The van der Waals surface area contributed by atoms with Crippen LogP contribution in [0.5, 0.6) is 0 Å². The quantitative estimate of drug-likeness (QED) is 0.476. The van der Waals surface area contributed by atoms with Crippen molar-refractivity contribution in [2.75, 3.05) is 37.7 Å². The first kappa shape index (κ1) is 25.4. The van der Waals surface area contributed by atoms with Gasteiger partial charge in [0.15, 0.2) is 21.7 Å². The van der Waals surface area contributed by atoms with Crippen LogP contribution in [0.2, 0.25) is 0 Å². The topological polar surface area (TPSA) is 129 Å². The number of piperazine rings is 1. The summed E-state index contributed by atoms with van der Waals surface area (Å²) in [5.41, 5.74) is -1.00. The molecule has 16 heteroatoms. The molecule has 3 fully saturated rings. The molecule has 0 unspecified atom stereocenters. The molecule has 11 nitrogen and oxygen atoms in total. The number of nitrogens with one attached hydrogen (secondary N) is 1. The molecule has 5 heterocycles. The Hall–Kier alpha value is -2.84. The highest BCUT2D eigenvalue weighted by molar-refractivity contribution is 7.89. The Bertz CT molecular complexity index is 1550. The van der Waals surface area contributed by atoms with Crippen LogP contribution in [0, 0.1) is 17.1 Å². The number of nitriles is 1. The Morgan fingerprint density at radius 3 is 2.79 bits per heavy atom. The summed E-state index contributed by atoms with van der Waals surface area (Å²) in [6, 6.07) is 1.95. The van der Waals surface area contributed by atoms with Crippen molar-refractivity contribution in [2.24, 2.45) is 0 Å². The summed E-state index contributed by atoms with van der Waals surface area (Å²) in [5.74, 6) is -0.927. The molecule has 0 bridgehead atoms. The van der Waals surface area contributed by atoms with Gasteiger partial charge in [-0.3, -0.25) is 9.30 Å². The van der Waals surface area contributed by atoms with Crippen LogP contribution in [0.1, 0.15) is 31.2 Å². The Morgan fingerprint density at radius 2 is 2.11 bits per heavy atom. The number of fused-ring (bicyclic) bond motifs is 2. The number of imidazole rings is 1. The van der Waals surface area contributed by atoms with E-state index in [2.05, 4.69) is 24.8 Å². The minimum atomic E-state index is -4.48. The van der Waals surface area contributed by atoms with E-state index in [0.29, 0.717) is 50.5 Å². The maximum absolute atomic E-state index is 16.3. The summed E-state index contributed by atoms with van der Waals surface area (Å²) in [4.78, 5) is 7.68. The smallest absolute Gasteiger partial charge is 0.291 e. The number of sulfonamides is 1. The number of nitrogens with zero attached hydrogens (tertiary/aromatic N) is 7. The van der Waals surface area contributed by atoms with E-state index < -0.39 is 37.7 Å². The number of hydrogen-bond acceptors (Lipinski definition) is 10. The van der Waals surface area contributed by atoms with Crippen molar-refractivity contribution in [1.82, 2.24) is 29.2 Å². The van der Waals surface area contributed by atoms with Crippen molar-refractivity contribution in [3.8, 4) is 16.9 Å². The van der Waals surface area contributed by atoms with Crippen LogP contribution >= 0.6 is 11.3 Å². The number of halogens is 3. The average molecular weight is 569 g/mol. The average Bonchev–Trinajstić information content (AvgIpc) is 3.26. The van der Waals surface area contributed by atoms with Crippen molar-refractivity contribution < 1.29 is 26.3 Å². The van der Waals surface area contributed by atoms with Gasteiger partial charge in [-0.25, -0.2) is 26.6 Å². The highest BCUT2D eigenvalue weighted by Gasteiger charge is 2.48. The molecule has 2 atom stereocenters. The highest BCUT2D eigenvalue weighted by Crippen LogP contribution is 2.39. The summed E-state index contributed by atoms with van der Waals surface area (Å²) in [5, 5.41) is 16.2. The van der Waals surface area contributed by atoms with Crippen LogP contribution in [0.3, 0.4) is 0 Å². The first-order valence-electron chi connectivity index (χ1n) is 12.0. The van der Waals surface area contributed by atoms with Crippen molar-refractivity contribution in [1.29, 1.82) is 5.26 Å². The molecular formula is C22H23F3N8O3S2. The molecule has 3 aromatic heterocycles. The fourth-order valence-electron chi connectivity index (χ4n) is 5.14. The molecule has 0 spiro atoms. The number of hydrogen-bond donors (Lipinski definition) is 1. The number of ether oxygens (including phenoxy) is 1. The third-order valence-electron chi connectivity index (χ3n) is 7.18. The van der Waals surface area contributed by atoms with Crippen LogP contribution < -0.4 is 9.62 Å². The van der Waals surface area contributed by atoms with Gasteiger partial charge in [-0.2, -0.15) is 9.98 Å². The van der Waals surface area contributed by atoms with Crippen LogP contribution in [0.4, 0.5) is 18.9 Å². The van der Waals surface area contributed by atoms with E-state index in [-0.39, 0.29) is 34.1 Å². The van der Waals surface area contributed by atoms with Gasteiger partial charge in [-0.15, -0.1) is 10.2 Å². The Labute approximate surface area is 219 Å². The van der Waals surface area contributed by atoms with E-state index in [4.69, 9.17) is 4.74 Å². The molecule has 1 N–H and O–H groups in total. The Kier molecular flexibility index (Phi) is 6.11. The maximum Gasteiger partial charge on any atom is 0.291 e. The number of aromatic nitrogens is 4. The van der Waals surface area contributed by atoms with E-state index >= 15 is 4.39 Å². The van der Waals surface area contributed by atoms with E-state index in [1.807, 2.05) is 13.0 Å². The largest absolute Gasteiger partial charge is 0.378 e. The zero-order chi connectivity index (χ0) is 26.8. The second-order valence-corrected chi connectivity index (χ2v) is 12.4. The lowest BCUT2D eigenvalue weighted by Crippen LogP contribution is -2.62. The molecule has 2 aliphatic heterocycles. The monoisotopic (exact) mass is 568 g/mol. The molecule has 1 aliphatic carbocycles. The van der Waals surface area contributed by atoms with Crippen LogP contribution in [0.25, 0.3) is 16.3 Å². The molecule has 0 amide bonds. The number of alkyl halides is 2. The summed E-state index contributed by atoms with van der Waals surface area (Å²) in [6.07, 6.45) is 0.222. The fraction of sp³-hybridized carbons (Fsp3) is 0.545. The van der Waals surface area contributed by atoms with Crippen molar-refractivity contribution >= 4 is 32.6 Å². The lowest BCUT2D eigenvalue weighted by molar-refractivity contribution is -0.0318. The zero-order valence-electron chi connectivity index (χ0n) is 20.1. The normalized spacial score (nSPS) is 23.5. The van der Waals surface area contributed by atoms with Gasteiger partial charge in [0.25, 0.3) is 6.43 Å². The van der Waals surface area contributed by atoms with Crippen molar-refractivity contribution in [3.63, 3.8) is 0 Å². The molecule has 3 aromatic rings. The van der Waals surface area contributed by atoms with Gasteiger partial charge in [0.1, 0.15) is 16.1 Å². The summed E-state index contributed by atoms with van der Waals surface area (Å²) in [6.45, 7) is 4.61. The molecule has 3 aliphatic rings. The second-order valence-electron chi connectivity index (χ2n) is 9.76. The first-order valence-corrected chi connectivity index (χ1v) is 14.3. The Morgan fingerprint density at radius 1 is 1.32 bits per heavy atom. The van der Waals surface area contributed by atoms with E-state index in [0.717, 1.165) is 12.7 Å². The number of morpholine rings is 1. The molecule has 202 valence electrons. The van der Waals surface area contributed by atoms with Gasteiger partial charge in [0.05, 0.1) is 37.0 Å². The van der Waals surface area contributed by atoms with Crippen LogP contribution in [0.15, 0.2) is 17.3 Å². The molecule has 38 heavy (non-hydrogen) atoms. The fourth-order valence-corrected chi connectivity index (χ4v) is 7.29. The minimum Gasteiger partial charge on any atom is -0.378 e. The van der Waals surface area contributed by atoms with Crippen molar-refractivity contribution in [3.05, 3.63) is 23.2 Å². The molecule has 6 rings (SSSR count). The van der Waals surface area contributed by atoms with Gasteiger partial charge in [-0.05, 0) is 19.8 Å². The van der Waals surface area contributed by atoms with E-state index in [9.17, 15) is 22.5 Å². The van der Waals surface area contributed by atoms with Gasteiger partial charge >= 0.3 is 0 Å². The van der Waals surface area contributed by atoms with E-state index in [1.165, 1.54) is 10.6 Å².